The monoisotopic (exact) mass is 397 g/mol. The smallest absolute Gasteiger partial charge is 0.406 e. The SMILES string of the molecule is CCN(CC)c1ccc(NC(=S)Nc2ccc(OC(F)(F)F)cc2)c(C)c1. The van der Waals surface area contributed by atoms with Crippen molar-refractivity contribution < 1.29 is 17.9 Å². The molecule has 27 heavy (non-hydrogen) atoms. The van der Waals surface area contributed by atoms with E-state index in [0.717, 1.165) is 30.0 Å². The summed E-state index contributed by atoms with van der Waals surface area (Å²) in [5, 5.41) is 6.39. The molecule has 0 heterocycles. The fourth-order valence-corrected chi connectivity index (χ4v) is 2.83. The van der Waals surface area contributed by atoms with Gasteiger partial charge < -0.3 is 20.3 Å². The van der Waals surface area contributed by atoms with Crippen LogP contribution in [0.4, 0.5) is 30.2 Å². The molecule has 0 aromatic heterocycles. The predicted molar refractivity (Wildman–Crippen MR) is 108 cm³/mol. The van der Waals surface area contributed by atoms with Crippen molar-refractivity contribution >= 4 is 34.4 Å². The molecule has 8 heteroatoms. The van der Waals surface area contributed by atoms with Gasteiger partial charge in [-0.15, -0.1) is 13.2 Å². The number of halogens is 3. The van der Waals surface area contributed by atoms with Crippen molar-refractivity contribution in [2.75, 3.05) is 28.6 Å². The molecule has 0 radical (unpaired) electrons. The zero-order valence-corrected chi connectivity index (χ0v) is 16.2. The van der Waals surface area contributed by atoms with E-state index in [4.69, 9.17) is 12.2 Å². The topological polar surface area (TPSA) is 36.5 Å². The summed E-state index contributed by atoms with van der Waals surface area (Å²) in [6, 6.07) is 11.4. The van der Waals surface area contributed by atoms with Gasteiger partial charge >= 0.3 is 6.36 Å². The number of benzene rings is 2. The van der Waals surface area contributed by atoms with E-state index < -0.39 is 6.36 Å². The molecule has 0 atom stereocenters. The Morgan fingerprint density at radius 2 is 1.67 bits per heavy atom. The number of aryl methyl sites for hydroxylation is 1. The molecule has 146 valence electrons. The van der Waals surface area contributed by atoms with E-state index in [1.54, 1.807) is 0 Å². The molecule has 0 bridgehead atoms. The Hall–Kier alpha value is -2.48. The highest BCUT2D eigenvalue weighted by Gasteiger charge is 2.30. The molecule has 0 spiro atoms. The summed E-state index contributed by atoms with van der Waals surface area (Å²) in [6.07, 6.45) is -4.71. The number of rotatable bonds is 6. The maximum absolute atomic E-state index is 12.2. The number of nitrogens with zero attached hydrogens (tertiary/aromatic N) is 1. The van der Waals surface area contributed by atoms with E-state index >= 15 is 0 Å². The zero-order valence-electron chi connectivity index (χ0n) is 15.4. The van der Waals surface area contributed by atoms with Crippen LogP contribution in [0.25, 0.3) is 0 Å². The average molecular weight is 397 g/mol. The third-order valence-corrected chi connectivity index (χ3v) is 4.14. The molecule has 0 aliphatic carbocycles. The number of anilines is 3. The standard InChI is InChI=1S/C19H22F3N3OS/c1-4-25(5-2)15-8-11-17(13(3)12-15)24-18(27)23-14-6-9-16(10-7-14)26-19(20,21)22/h6-12H,4-5H2,1-3H3,(H2,23,24,27). The lowest BCUT2D eigenvalue weighted by Crippen LogP contribution is -2.22. The lowest BCUT2D eigenvalue weighted by atomic mass is 10.1. The van der Waals surface area contributed by atoms with Gasteiger partial charge in [0.05, 0.1) is 0 Å². The van der Waals surface area contributed by atoms with Crippen molar-refractivity contribution in [3.05, 3.63) is 48.0 Å². The first kappa shape index (κ1) is 20.8. The van der Waals surface area contributed by atoms with Crippen molar-refractivity contribution in [3.8, 4) is 5.75 Å². The van der Waals surface area contributed by atoms with Gasteiger partial charge in [-0.05, 0) is 81.0 Å². The van der Waals surface area contributed by atoms with Gasteiger partial charge in [0.1, 0.15) is 5.75 Å². The molecule has 0 amide bonds. The molecule has 0 fully saturated rings. The van der Waals surface area contributed by atoms with Crippen LogP contribution in [-0.4, -0.2) is 24.6 Å². The van der Waals surface area contributed by atoms with Gasteiger partial charge in [0.25, 0.3) is 0 Å². The number of thiocarbonyl (C=S) groups is 1. The normalized spacial score (nSPS) is 11.0. The maximum Gasteiger partial charge on any atom is 0.573 e. The van der Waals surface area contributed by atoms with Crippen LogP contribution >= 0.6 is 12.2 Å². The number of hydrogen-bond acceptors (Lipinski definition) is 3. The van der Waals surface area contributed by atoms with Gasteiger partial charge in [0, 0.05) is 30.2 Å². The molecule has 4 nitrogen and oxygen atoms in total. The average Bonchev–Trinajstić information content (AvgIpc) is 2.59. The highest BCUT2D eigenvalue weighted by atomic mass is 32.1. The molecule has 0 saturated carbocycles. The van der Waals surface area contributed by atoms with Gasteiger partial charge in [-0.25, -0.2) is 0 Å². The van der Waals surface area contributed by atoms with Crippen LogP contribution in [0.1, 0.15) is 19.4 Å². The molecule has 0 saturated heterocycles. The highest BCUT2D eigenvalue weighted by Crippen LogP contribution is 2.25. The summed E-state index contributed by atoms with van der Waals surface area (Å²) in [6.45, 7) is 8.05. The van der Waals surface area contributed by atoms with E-state index in [2.05, 4.69) is 40.2 Å². The second-order valence-electron chi connectivity index (χ2n) is 5.82. The minimum absolute atomic E-state index is 0.283. The van der Waals surface area contributed by atoms with Crippen LogP contribution in [0.2, 0.25) is 0 Å². The van der Waals surface area contributed by atoms with Gasteiger partial charge in [0.15, 0.2) is 5.11 Å². The number of hydrogen-bond donors (Lipinski definition) is 2. The second kappa shape index (κ2) is 8.94. The van der Waals surface area contributed by atoms with E-state index in [0.29, 0.717) is 10.8 Å². The predicted octanol–water partition coefficient (Wildman–Crippen LogP) is 5.55. The zero-order chi connectivity index (χ0) is 20.0. The van der Waals surface area contributed by atoms with Crippen LogP contribution in [0.15, 0.2) is 42.5 Å². The highest BCUT2D eigenvalue weighted by molar-refractivity contribution is 7.80. The fourth-order valence-electron chi connectivity index (χ4n) is 2.60. The summed E-state index contributed by atoms with van der Waals surface area (Å²) in [5.74, 6) is -0.283. The summed E-state index contributed by atoms with van der Waals surface area (Å²) in [4.78, 5) is 2.25. The molecule has 0 aliphatic heterocycles. The molecule has 0 unspecified atom stereocenters. The third-order valence-electron chi connectivity index (χ3n) is 3.93. The van der Waals surface area contributed by atoms with Crippen molar-refractivity contribution in [1.29, 1.82) is 0 Å². The van der Waals surface area contributed by atoms with Gasteiger partial charge in [0.2, 0.25) is 0 Å². The minimum Gasteiger partial charge on any atom is -0.406 e. The second-order valence-corrected chi connectivity index (χ2v) is 6.23. The first-order valence-electron chi connectivity index (χ1n) is 8.51. The van der Waals surface area contributed by atoms with Gasteiger partial charge in [-0.3, -0.25) is 0 Å². The fraction of sp³-hybridized carbons (Fsp3) is 0.316. The summed E-state index contributed by atoms with van der Waals surface area (Å²) < 4.78 is 40.4. The summed E-state index contributed by atoms with van der Waals surface area (Å²) in [5.41, 5.74) is 3.60. The summed E-state index contributed by atoms with van der Waals surface area (Å²) in [7, 11) is 0. The van der Waals surface area contributed by atoms with E-state index in [1.165, 1.54) is 24.3 Å². The number of nitrogens with one attached hydrogen (secondary N) is 2. The van der Waals surface area contributed by atoms with Gasteiger partial charge in [-0.1, -0.05) is 0 Å². The molecular weight excluding hydrogens is 375 g/mol. The molecule has 2 N–H and O–H groups in total. The largest absolute Gasteiger partial charge is 0.573 e. The first-order valence-corrected chi connectivity index (χ1v) is 8.92. The third kappa shape index (κ3) is 6.32. The first-order chi connectivity index (χ1) is 12.7. The Morgan fingerprint density at radius 1 is 1.04 bits per heavy atom. The van der Waals surface area contributed by atoms with Crippen molar-refractivity contribution in [2.45, 2.75) is 27.1 Å². The molecule has 2 rings (SSSR count). The maximum atomic E-state index is 12.2. The van der Waals surface area contributed by atoms with Crippen molar-refractivity contribution in [1.82, 2.24) is 0 Å². The number of alkyl halides is 3. The van der Waals surface area contributed by atoms with Crippen LogP contribution < -0.4 is 20.3 Å². The van der Waals surface area contributed by atoms with Crippen LogP contribution in [0.3, 0.4) is 0 Å². The molecular formula is C19H22F3N3OS. The Bertz CT molecular complexity index is 775. The number of ether oxygens (including phenoxy) is 1. The van der Waals surface area contributed by atoms with Crippen molar-refractivity contribution in [3.63, 3.8) is 0 Å². The quantitative estimate of drug-likeness (QED) is 0.625. The Kier molecular flexibility index (Phi) is 6.90. The summed E-state index contributed by atoms with van der Waals surface area (Å²) >= 11 is 5.28. The Labute approximate surface area is 162 Å². The van der Waals surface area contributed by atoms with E-state index in [-0.39, 0.29) is 5.75 Å². The lowest BCUT2D eigenvalue weighted by molar-refractivity contribution is -0.274. The molecule has 2 aromatic carbocycles. The van der Waals surface area contributed by atoms with Crippen LogP contribution in [0.5, 0.6) is 5.75 Å². The van der Waals surface area contributed by atoms with Gasteiger partial charge in [-0.2, -0.15) is 0 Å². The Balaban J connectivity index is 1.99. The van der Waals surface area contributed by atoms with Crippen molar-refractivity contribution in [2.24, 2.45) is 0 Å². The minimum atomic E-state index is -4.71. The Morgan fingerprint density at radius 3 is 2.19 bits per heavy atom. The van der Waals surface area contributed by atoms with E-state index in [9.17, 15) is 13.2 Å². The lowest BCUT2D eigenvalue weighted by Gasteiger charge is -2.22. The van der Waals surface area contributed by atoms with E-state index in [1.807, 2.05) is 19.1 Å². The van der Waals surface area contributed by atoms with Crippen LogP contribution in [0, 0.1) is 6.92 Å². The molecule has 2 aromatic rings. The molecule has 0 aliphatic rings. The van der Waals surface area contributed by atoms with Crippen LogP contribution in [-0.2, 0) is 0 Å².